The Hall–Kier alpha value is -1.82. The zero-order chi connectivity index (χ0) is 19.9. The van der Waals surface area contributed by atoms with Crippen molar-refractivity contribution in [2.45, 2.75) is 33.1 Å². The predicted molar refractivity (Wildman–Crippen MR) is 128 cm³/mol. The van der Waals surface area contributed by atoms with Crippen LogP contribution in [0.1, 0.15) is 12.8 Å². The van der Waals surface area contributed by atoms with E-state index in [-0.39, 0.29) is 54.5 Å². The SMILES string of the molecule is O.O.O.O.O.O.O=C(C[CH2][Ge])Nc1ccc(S(=O)(=O)c2ccc(NC(=O)C[CH2][Ge])cc2)cc1. The summed E-state index contributed by atoms with van der Waals surface area (Å²) in [5, 5.41) is 6.93. The number of carbonyl (C=O) groups is 2. The summed E-state index contributed by atoms with van der Waals surface area (Å²) >= 11 is 3.82. The van der Waals surface area contributed by atoms with E-state index in [1.807, 2.05) is 33.0 Å². The summed E-state index contributed by atoms with van der Waals surface area (Å²) in [5.74, 6) is -0.206. The maximum absolute atomic E-state index is 12.7. The van der Waals surface area contributed by atoms with Crippen molar-refractivity contribution in [2.24, 2.45) is 0 Å². The number of rotatable bonds is 8. The third-order valence-electron chi connectivity index (χ3n) is 3.60. The summed E-state index contributed by atoms with van der Waals surface area (Å²) in [7, 11) is -3.68. The quantitative estimate of drug-likeness (QED) is 0.304. The molecular weight excluding hydrogens is 581 g/mol. The van der Waals surface area contributed by atoms with Gasteiger partial charge in [0.2, 0.25) is 0 Å². The Morgan fingerprint density at radius 1 is 0.606 bits per heavy atom. The van der Waals surface area contributed by atoms with Crippen molar-refractivity contribution in [3.05, 3.63) is 48.5 Å². The molecule has 15 heteroatoms. The zero-order valence-corrected chi connectivity index (χ0v) is 22.5. The van der Waals surface area contributed by atoms with Gasteiger partial charge in [0.25, 0.3) is 0 Å². The van der Waals surface area contributed by atoms with E-state index in [2.05, 4.69) is 10.6 Å². The Kier molecular flexibility index (Phi) is 24.6. The van der Waals surface area contributed by atoms with Gasteiger partial charge in [-0.3, -0.25) is 0 Å². The number of anilines is 2. The van der Waals surface area contributed by atoms with Crippen LogP contribution in [0.4, 0.5) is 11.4 Å². The number of benzene rings is 2. The molecule has 186 valence electrons. The maximum atomic E-state index is 12.7. The molecule has 2 rings (SSSR count). The van der Waals surface area contributed by atoms with Gasteiger partial charge in [-0.2, -0.15) is 0 Å². The molecule has 0 spiro atoms. The molecule has 0 heterocycles. The molecule has 0 aliphatic carbocycles. The van der Waals surface area contributed by atoms with E-state index in [0.29, 0.717) is 24.2 Å². The van der Waals surface area contributed by atoms with Gasteiger partial charge in [-0.1, -0.05) is 0 Å². The second-order valence-electron chi connectivity index (χ2n) is 5.65. The molecule has 0 aromatic heterocycles. The molecule has 0 fully saturated rings. The Morgan fingerprint density at radius 2 is 0.879 bits per heavy atom. The first-order valence-electron chi connectivity index (χ1n) is 8.21. The number of hydrogen-bond acceptors (Lipinski definition) is 4. The van der Waals surface area contributed by atoms with Crippen LogP contribution in [0.2, 0.25) is 10.5 Å². The second kappa shape index (κ2) is 19.6. The molecule has 0 saturated heterocycles. The van der Waals surface area contributed by atoms with Crippen LogP contribution in [0.3, 0.4) is 0 Å². The van der Waals surface area contributed by atoms with Crippen LogP contribution < -0.4 is 10.6 Å². The van der Waals surface area contributed by atoms with Crippen LogP contribution in [-0.4, -0.2) is 86.1 Å². The number of hydrogen-bond donors (Lipinski definition) is 2. The Morgan fingerprint density at radius 3 is 1.12 bits per heavy atom. The third-order valence-corrected chi connectivity index (χ3v) is 6.44. The zero-order valence-electron chi connectivity index (χ0n) is 17.5. The van der Waals surface area contributed by atoms with Crippen molar-refractivity contribution in [1.29, 1.82) is 0 Å². The molecule has 14 N–H and O–H groups in total. The van der Waals surface area contributed by atoms with E-state index >= 15 is 0 Å². The minimum atomic E-state index is -3.68. The topological polar surface area (TPSA) is 281 Å². The van der Waals surface area contributed by atoms with Crippen molar-refractivity contribution < 1.29 is 50.9 Å². The van der Waals surface area contributed by atoms with E-state index in [1.54, 1.807) is 24.3 Å². The molecule has 0 aliphatic heterocycles. The Balaban J connectivity index is -0.000000436. The van der Waals surface area contributed by atoms with Crippen molar-refractivity contribution in [1.82, 2.24) is 0 Å². The van der Waals surface area contributed by atoms with Crippen LogP contribution in [0.25, 0.3) is 0 Å². The summed E-state index contributed by atoms with van der Waals surface area (Å²) in [4.78, 5) is 23.5. The minimum absolute atomic E-state index is 0. The van der Waals surface area contributed by atoms with Gasteiger partial charge in [-0.15, -0.1) is 0 Å². The summed E-state index contributed by atoms with van der Waals surface area (Å²) < 4.78 is 25.5. The first kappa shape index (κ1) is 41.4. The van der Waals surface area contributed by atoms with Crippen molar-refractivity contribution in [3.8, 4) is 0 Å². The standard InChI is InChI=1S/C18H18Ge2N2O4S.6H2O/c19-11-9-17(23)21-13-1-5-15(6-2-13)27(25,26)16-7-3-14(4-8-16)22-18(24)10-12-20;;;;;;/h1-8H,9-12H2,(H,21,23)(H,22,24);6*1H2. The first-order valence-corrected chi connectivity index (χ1v) is 12.7. The molecule has 0 unspecified atom stereocenters. The van der Waals surface area contributed by atoms with Gasteiger partial charge < -0.3 is 32.9 Å². The van der Waals surface area contributed by atoms with E-state index in [9.17, 15) is 18.0 Å². The molecule has 2 aromatic carbocycles. The number of sulfone groups is 1. The molecule has 0 aliphatic rings. The molecule has 12 nitrogen and oxygen atoms in total. The normalized spacial score (nSPS) is 9.03. The van der Waals surface area contributed by atoms with Gasteiger partial charge in [0, 0.05) is 0 Å². The van der Waals surface area contributed by atoms with Crippen LogP contribution in [-0.2, 0) is 19.4 Å². The van der Waals surface area contributed by atoms with E-state index < -0.39 is 9.84 Å². The summed E-state index contributed by atoms with van der Waals surface area (Å²) in [5.41, 5.74) is 1.11. The van der Waals surface area contributed by atoms with Gasteiger partial charge in [0.1, 0.15) is 0 Å². The molecule has 0 atom stereocenters. The van der Waals surface area contributed by atoms with Crippen molar-refractivity contribution in [2.75, 3.05) is 10.6 Å². The predicted octanol–water partition coefficient (Wildman–Crippen LogP) is -2.60. The van der Waals surface area contributed by atoms with Gasteiger partial charge in [-0.05, 0) is 0 Å². The number of amides is 2. The van der Waals surface area contributed by atoms with E-state index in [0.717, 1.165) is 10.5 Å². The first-order chi connectivity index (χ1) is 12.9. The molecule has 2 aromatic rings. The third kappa shape index (κ3) is 12.3. The summed E-state index contributed by atoms with van der Waals surface area (Å²) in [6.07, 6.45) is 0.836. The molecule has 0 saturated carbocycles. The fourth-order valence-corrected chi connectivity index (χ4v) is 4.46. The van der Waals surface area contributed by atoms with Gasteiger partial charge in [0.05, 0.1) is 0 Å². The summed E-state index contributed by atoms with van der Waals surface area (Å²) in [6, 6.07) is 12.1. The fraction of sp³-hybridized carbons (Fsp3) is 0.222. The van der Waals surface area contributed by atoms with Gasteiger partial charge in [0.15, 0.2) is 0 Å². The van der Waals surface area contributed by atoms with Crippen LogP contribution >= 0.6 is 0 Å². The van der Waals surface area contributed by atoms with E-state index in [1.165, 1.54) is 24.3 Å². The Labute approximate surface area is 208 Å². The fourth-order valence-electron chi connectivity index (χ4n) is 2.24. The Bertz CT molecular complexity index is 841. The average Bonchev–Trinajstić information content (AvgIpc) is 2.63. The molecule has 2 amide bonds. The van der Waals surface area contributed by atoms with E-state index in [4.69, 9.17) is 0 Å². The molecule has 6 radical (unpaired) electrons. The van der Waals surface area contributed by atoms with Crippen LogP contribution in [0.5, 0.6) is 0 Å². The molecule has 0 bridgehead atoms. The van der Waals surface area contributed by atoms with Crippen molar-refractivity contribution in [3.63, 3.8) is 0 Å². The van der Waals surface area contributed by atoms with Crippen LogP contribution in [0, 0.1) is 0 Å². The van der Waals surface area contributed by atoms with Gasteiger partial charge >= 0.3 is 176 Å². The monoisotopic (exact) mass is 614 g/mol. The number of carbonyl (C=O) groups excluding carboxylic acids is 2. The van der Waals surface area contributed by atoms with Crippen molar-refractivity contribution >= 4 is 66.1 Å². The molecular formula is C18H30Ge2N2O10S. The average molecular weight is 612 g/mol. The number of nitrogens with one attached hydrogen (secondary N) is 2. The van der Waals surface area contributed by atoms with Crippen LogP contribution in [0.15, 0.2) is 58.3 Å². The second-order valence-corrected chi connectivity index (χ2v) is 9.70. The molecule has 33 heavy (non-hydrogen) atoms. The van der Waals surface area contributed by atoms with Gasteiger partial charge in [-0.25, -0.2) is 0 Å². The summed E-state index contributed by atoms with van der Waals surface area (Å²) in [6.45, 7) is 0.